The molecule has 0 saturated heterocycles. The van der Waals surface area contributed by atoms with Crippen LogP contribution in [0.1, 0.15) is 190 Å². The zero-order chi connectivity index (χ0) is 64.5. The van der Waals surface area contributed by atoms with E-state index in [9.17, 15) is 11.0 Å². The van der Waals surface area contributed by atoms with Crippen molar-refractivity contribution in [3.05, 3.63) is 180 Å². The molecule has 0 unspecified atom stereocenters. The summed E-state index contributed by atoms with van der Waals surface area (Å²) in [5, 5.41) is 0. The zero-order valence-corrected chi connectivity index (χ0v) is 50.1. The minimum atomic E-state index is -0.572. The molecule has 0 aromatic heterocycles. The van der Waals surface area contributed by atoms with Gasteiger partial charge in [-0.1, -0.05) is 84.8 Å². The lowest BCUT2D eigenvalue weighted by atomic mass is 9.32. The fourth-order valence-electron chi connectivity index (χ4n) is 26.2. The summed E-state index contributed by atoms with van der Waals surface area (Å²) in [5.74, 6) is 9.30. The third kappa shape index (κ3) is 7.28. The molecule has 432 valence electrons. The van der Waals surface area contributed by atoms with Crippen LogP contribution in [0.4, 0.5) is 51.2 Å². The second-order valence-corrected chi connectivity index (χ2v) is 32.7. The Morgan fingerprint density at radius 2 is 0.593 bits per heavy atom. The van der Waals surface area contributed by atoms with Crippen LogP contribution in [0.15, 0.2) is 157 Å². The molecular formula is C82H86BN3. The monoisotopic (exact) mass is 1130 g/mol. The quantitative estimate of drug-likeness (QED) is 0.133. The van der Waals surface area contributed by atoms with E-state index in [0.717, 1.165) is 111 Å². The van der Waals surface area contributed by atoms with Crippen LogP contribution in [0.3, 0.4) is 0 Å². The van der Waals surface area contributed by atoms with Gasteiger partial charge >= 0.3 is 0 Å². The molecule has 16 aliphatic carbocycles. The summed E-state index contributed by atoms with van der Waals surface area (Å²) in [4.78, 5) is 6.35. The van der Waals surface area contributed by atoms with Crippen molar-refractivity contribution in [1.82, 2.24) is 0 Å². The summed E-state index contributed by atoms with van der Waals surface area (Å²) in [6.45, 7) is -0.253. The average Bonchev–Trinajstić information content (AvgIpc) is 0.691. The summed E-state index contributed by atoms with van der Waals surface area (Å²) in [7, 11) is 0. The first-order valence-electron chi connectivity index (χ1n) is 39.6. The summed E-state index contributed by atoms with van der Waals surface area (Å²) in [5.41, 5.74) is 15.8. The fourth-order valence-corrected chi connectivity index (χ4v) is 26.2. The van der Waals surface area contributed by atoms with E-state index in [1.54, 1.807) is 0 Å². The average molecular weight is 1130 g/mol. The molecule has 25 rings (SSSR count). The molecule has 16 saturated carbocycles. The number of hydrogen-bond donors (Lipinski definition) is 0. The van der Waals surface area contributed by atoms with Crippen LogP contribution in [0, 0.1) is 71.0 Å². The Labute approximate surface area is 526 Å². The predicted molar refractivity (Wildman–Crippen MR) is 355 cm³/mol. The van der Waals surface area contributed by atoms with Gasteiger partial charge in [0, 0.05) is 45.5 Å². The smallest absolute Gasteiger partial charge is 0.252 e. The van der Waals surface area contributed by atoms with Gasteiger partial charge in [0.15, 0.2) is 0 Å². The molecule has 0 radical (unpaired) electrons. The normalized spacial score (nSPS) is 39.6. The van der Waals surface area contributed by atoms with E-state index in [4.69, 9.17) is 2.74 Å². The van der Waals surface area contributed by atoms with Crippen LogP contribution in [-0.2, 0) is 21.7 Å². The minimum absolute atomic E-state index is 0.110. The van der Waals surface area contributed by atoms with Crippen LogP contribution in [0.5, 0.6) is 0 Å². The Hall–Kier alpha value is -6.00. The molecule has 4 heteroatoms. The van der Waals surface area contributed by atoms with Gasteiger partial charge in [0.2, 0.25) is 0 Å². The van der Waals surface area contributed by atoms with Gasteiger partial charge < -0.3 is 14.7 Å². The highest BCUT2D eigenvalue weighted by atomic mass is 15.2. The second kappa shape index (κ2) is 17.9. The number of para-hydroxylation sites is 2. The molecule has 0 spiro atoms. The van der Waals surface area contributed by atoms with Crippen LogP contribution in [0.25, 0.3) is 0 Å². The maximum Gasteiger partial charge on any atom is 0.252 e. The summed E-state index contributed by atoms with van der Waals surface area (Å²) in [6.07, 6.45) is 31.4. The van der Waals surface area contributed by atoms with Gasteiger partial charge in [-0.05, 0) is 358 Å². The molecule has 0 atom stereocenters. The molecule has 0 N–H and O–H groups in total. The van der Waals surface area contributed by atoms with Crippen molar-refractivity contribution in [2.45, 2.75) is 176 Å². The Balaban J connectivity index is 0.848. The number of benzene rings is 7. The third-order valence-electron chi connectivity index (χ3n) is 27.6. The molecular weight excluding hydrogens is 1040 g/mol. The topological polar surface area (TPSA) is 9.72 Å². The highest BCUT2D eigenvalue weighted by Crippen LogP contribution is 2.66. The molecule has 2 heterocycles. The predicted octanol–water partition coefficient (Wildman–Crippen LogP) is 19.1. The molecule has 2 aliphatic heterocycles. The van der Waals surface area contributed by atoms with Crippen molar-refractivity contribution >= 4 is 74.3 Å². The largest absolute Gasteiger partial charge is 0.311 e. The van der Waals surface area contributed by atoms with E-state index < -0.39 is 60.4 Å². The highest BCUT2D eigenvalue weighted by Gasteiger charge is 2.57. The van der Waals surface area contributed by atoms with E-state index in [-0.39, 0.29) is 39.7 Å². The van der Waals surface area contributed by atoms with Gasteiger partial charge in [-0.15, -0.1) is 0 Å². The summed E-state index contributed by atoms with van der Waals surface area (Å²) < 4.78 is 94.0. The molecule has 7 aromatic carbocycles. The van der Waals surface area contributed by atoms with Crippen LogP contribution in [0.2, 0.25) is 0 Å². The second-order valence-electron chi connectivity index (χ2n) is 32.7. The first kappa shape index (κ1) is 41.3. The maximum absolute atomic E-state index is 9.81. The van der Waals surface area contributed by atoms with Crippen molar-refractivity contribution in [3.8, 4) is 0 Å². The van der Waals surface area contributed by atoms with E-state index in [1.165, 1.54) is 192 Å². The number of hydrogen-bond acceptors (Lipinski definition) is 3. The SMILES string of the molecule is [2H]c1c([2H])c([2H])c(N(c2cc3c4c(c2)N(c2ccc(C56CC7CC(CC(C7)C5)C6)cc2)c2ccc(C56CC7CC(CC(C7)C5)C6)cc2B4c2cc(C45CC6CC(CC(C6)C4)C5)ccc2N3c2ccc(C34CC5CC(CC(C5)C3)C4)cc2)c2c([2H])c([2H])c([2H])c([2H])c2[2H])c([2H])c1[2H]. The standard InChI is InChI=1S/C82H86BN3/c1-3-7-67(8-4-1)84(68-9-5-2-6-10-68)71-37-76-78-77(38-71)86(70-19-13-64(14-20-70)80-42-54-26-55(43-80)28-56(27-54)44-80)75-22-16-66(82-48-60-32-61(49-82)34-62(33-60)50-82)36-73(75)83(78)72-35-65(81-45-57-29-58(46-81)31-59(30-57)47-81)15-21-74(72)85(76)69-17-11-63(12-18-69)79-39-51-23-52(40-79)25-53(24-51)41-79/h1-22,35-38,51-62H,23-34,39-50H2/i1D,2D,3D,4D,5D,6D,7D,8D,9D,10D. The molecule has 16 bridgehead atoms. The lowest BCUT2D eigenvalue weighted by Crippen LogP contribution is -2.62. The van der Waals surface area contributed by atoms with E-state index in [2.05, 4.69) is 107 Å². The maximum atomic E-state index is 9.81. The van der Waals surface area contributed by atoms with Gasteiger partial charge in [-0.3, -0.25) is 0 Å². The molecule has 3 nitrogen and oxygen atoms in total. The van der Waals surface area contributed by atoms with Crippen molar-refractivity contribution < 1.29 is 13.7 Å². The zero-order valence-electron chi connectivity index (χ0n) is 60.1. The number of anilines is 9. The molecule has 86 heavy (non-hydrogen) atoms. The van der Waals surface area contributed by atoms with E-state index in [1.807, 2.05) is 0 Å². The Morgan fingerprint density at radius 3 is 0.895 bits per heavy atom. The van der Waals surface area contributed by atoms with Gasteiger partial charge in [-0.2, -0.15) is 0 Å². The molecule has 18 aliphatic rings. The first-order valence-corrected chi connectivity index (χ1v) is 34.6. The Kier molecular flexibility index (Phi) is 8.58. The van der Waals surface area contributed by atoms with E-state index >= 15 is 0 Å². The number of nitrogens with zero attached hydrogens (tertiary/aromatic N) is 3. The van der Waals surface area contributed by atoms with Gasteiger partial charge in [-0.25, -0.2) is 0 Å². The van der Waals surface area contributed by atoms with E-state index in [0.29, 0.717) is 5.69 Å². The summed E-state index contributed by atoms with van der Waals surface area (Å²) >= 11 is 0. The Morgan fingerprint density at radius 1 is 0.314 bits per heavy atom. The summed E-state index contributed by atoms with van der Waals surface area (Å²) in [6, 6.07) is 33.2. The lowest BCUT2D eigenvalue weighted by molar-refractivity contribution is -0.00530. The third-order valence-corrected chi connectivity index (χ3v) is 27.6. The van der Waals surface area contributed by atoms with Crippen LogP contribution < -0.4 is 31.1 Å². The molecule has 0 amide bonds. The van der Waals surface area contributed by atoms with Crippen molar-refractivity contribution in [1.29, 1.82) is 0 Å². The minimum Gasteiger partial charge on any atom is -0.311 e. The number of rotatable bonds is 9. The highest BCUT2D eigenvalue weighted by molar-refractivity contribution is 7.00. The fraction of sp³-hybridized carbons (Fsp3) is 0.488. The van der Waals surface area contributed by atoms with Crippen molar-refractivity contribution in [2.24, 2.45) is 71.0 Å². The molecule has 7 aromatic rings. The van der Waals surface area contributed by atoms with Gasteiger partial charge in [0.25, 0.3) is 6.71 Å². The van der Waals surface area contributed by atoms with Crippen molar-refractivity contribution in [2.75, 3.05) is 14.7 Å². The Bertz CT molecular complexity index is 4040. The van der Waals surface area contributed by atoms with Gasteiger partial charge in [0.1, 0.15) is 0 Å². The van der Waals surface area contributed by atoms with Crippen LogP contribution >= 0.6 is 0 Å². The first-order chi connectivity index (χ1) is 46.4. The lowest BCUT2D eigenvalue weighted by Gasteiger charge is -2.57. The van der Waals surface area contributed by atoms with Crippen LogP contribution in [-0.4, -0.2) is 6.71 Å². The van der Waals surface area contributed by atoms with Gasteiger partial charge in [0.05, 0.1) is 19.4 Å². The number of fused-ring (bicyclic) bond motifs is 4. The van der Waals surface area contributed by atoms with Crippen molar-refractivity contribution in [3.63, 3.8) is 0 Å². The molecule has 16 fully saturated rings.